The molecule has 24 heavy (non-hydrogen) atoms. The van der Waals surface area contributed by atoms with E-state index in [0.717, 1.165) is 11.1 Å². The number of phenolic OH excluding ortho intramolecular Hbond substituents is 1. The van der Waals surface area contributed by atoms with E-state index in [2.05, 4.69) is 4.99 Å². The zero-order valence-electron chi connectivity index (χ0n) is 12.8. The van der Waals surface area contributed by atoms with Crippen molar-refractivity contribution in [2.75, 3.05) is 0 Å². The van der Waals surface area contributed by atoms with Crippen LogP contribution in [0.5, 0.6) is 11.6 Å². The second-order valence-electron chi connectivity index (χ2n) is 5.26. The number of aliphatic imine (C=N–C) groups is 1. The summed E-state index contributed by atoms with van der Waals surface area (Å²) in [6.45, 7) is 1.01. The van der Waals surface area contributed by atoms with Gasteiger partial charge in [-0.3, -0.25) is 9.56 Å². The lowest BCUT2D eigenvalue weighted by atomic mass is 10.2. The highest BCUT2D eigenvalue weighted by atomic mass is 32.1. The van der Waals surface area contributed by atoms with Gasteiger partial charge in [-0.25, -0.2) is 0 Å². The van der Waals surface area contributed by atoms with Gasteiger partial charge < -0.3 is 10.2 Å². The summed E-state index contributed by atoms with van der Waals surface area (Å²) < 4.78 is 2.32. The van der Waals surface area contributed by atoms with Gasteiger partial charge in [-0.2, -0.15) is 0 Å². The number of hydrogen-bond donors (Lipinski definition) is 2. The predicted octanol–water partition coefficient (Wildman–Crippen LogP) is 4.36. The number of thiazole rings is 1. The van der Waals surface area contributed by atoms with E-state index in [0.29, 0.717) is 21.9 Å². The van der Waals surface area contributed by atoms with Gasteiger partial charge in [-0.05, 0) is 35.5 Å². The lowest BCUT2D eigenvalue weighted by Gasteiger charge is -2.04. The van der Waals surface area contributed by atoms with Crippen LogP contribution < -0.4 is 0 Å². The van der Waals surface area contributed by atoms with Crippen LogP contribution in [0.4, 0.5) is 0 Å². The maximum Gasteiger partial charge on any atom is 0.212 e. The van der Waals surface area contributed by atoms with Gasteiger partial charge in [0.2, 0.25) is 5.88 Å². The molecule has 0 aliphatic rings. The molecule has 0 saturated heterocycles. The minimum absolute atomic E-state index is 0.142. The van der Waals surface area contributed by atoms with Crippen molar-refractivity contribution in [3.8, 4) is 11.6 Å². The Balaban J connectivity index is 1.75. The number of hydrogen-bond acceptors (Lipinski definition) is 5. The second-order valence-corrected chi connectivity index (χ2v) is 6.94. The van der Waals surface area contributed by atoms with Crippen molar-refractivity contribution in [3.63, 3.8) is 0 Å². The van der Waals surface area contributed by atoms with Crippen molar-refractivity contribution >= 4 is 29.8 Å². The molecule has 0 unspecified atom stereocenters. The van der Waals surface area contributed by atoms with E-state index < -0.39 is 0 Å². The Morgan fingerprint density at radius 1 is 1.00 bits per heavy atom. The van der Waals surface area contributed by atoms with Crippen LogP contribution in [0.1, 0.15) is 16.0 Å². The fourth-order valence-electron chi connectivity index (χ4n) is 2.24. The van der Waals surface area contributed by atoms with Crippen LogP contribution in [-0.4, -0.2) is 21.0 Å². The number of aromatic hydroxyl groups is 2. The van der Waals surface area contributed by atoms with Crippen LogP contribution in [0, 0.1) is 3.95 Å². The number of nitrogens with zero attached hydrogens (tertiary/aromatic N) is 2. The largest absolute Gasteiger partial charge is 0.508 e. The maximum atomic E-state index is 10.4. The molecule has 0 radical (unpaired) electrons. The highest BCUT2D eigenvalue weighted by Gasteiger charge is 2.10. The highest BCUT2D eigenvalue weighted by molar-refractivity contribution is 7.73. The Bertz CT molecular complexity index is 897. The van der Waals surface area contributed by atoms with E-state index in [9.17, 15) is 10.2 Å². The molecule has 4 nitrogen and oxygen atoms in total. The average molecular weight is 356 g/mol. The number of phenols is 1. The summed E-state index contributed by atoms with van der Waals surface area (Å²) in [5, 5.41) is 19.7. The summed E-state index contributed by atoms with van der Waals surface area (Å²) in [5.74, 6) is 0.375. The standard InChI is InChI=1S/C18H16N2O2S2/c21-15-8-6-13(7-9-15)10-19-11-16-17(22)20(18(23)24-16)12-14-4-2-1-3-5-14/h1-9,11,21-22H,10,12H2. The van der Waals surface area contributed by atoms with Crippen LogP contribution >= 0.6 is 23.6 Å². The molecule has 0 aliphatic heterocycles. The van der Waals surface area contributed by atoms with Crippen molar-refractivity contribution in [2.24, 2.45) is 4.99 Å². The molecule has 0 saturated carbocycles. The van der Waals surface area contributed by atoms with Crippen molar-refractivity contribution in [3.05, 3.63) is 74.6 Å². The molecule has 0 amide bonds. The Morgan fingerprint density at radius 2 is 1.71 bits per heavy atom. The average Bonchev–Trinajstić information content (AvgIpc) is 2.85. The van der Waals surface area contributed by atoms with Crippen LogP contribution in [0.15, 0.2) is 59.6 Å². The van der Waals surface area contributed by atoms with Crippen molar-refractivity contribution in [1.29, 1.82) is 0 Å². The molecule has 0 bridgehead atoms. The summed E-state index contributed by atoms with van der Waals surface area (Å²) in [4.78, 5) is 5.00. The minimum atomic E-state index is 0.142. The molecule has 6 heteroatoms. The van der Waals surface area contributed by atoms with E-state index >= 15 is 0 Å². The van der Waals surface area contributed by atoms with E-state index in [1.165, 1.54) is 11.3 Å². The Hall–Kier alpha value is -2.44. The highest BCUT2D eigenvalue weighted by Crippen LogP contribution is 2.25. The predicted molar refractivity (Wildman–Crippen MR) is 99.8 cm³/mol. The van der Waals surface area contributed by atoms with E-state index in [4.69, 9.17) is 12.2 Å². The number of benzene rings is 2. The number of aromatic nitrogens is 1. The Morgan fingerprint density at radius 3 is 2.42 bits per heavy atom. The summed E-state index contributed by atoms with van der Waals surface area (Å²) in [7, 11) is 0. The first-order valence-corrected chi connectivity index (χ1v) is 8.60. The third kappa shape index (κ3) is 3.90. The van der Waals surface area contributed by atoms with E-state index in [1.807, 2.05) is 42.5 Å². The molecular formula is C18H16N2O2S2. The van der Waals surface area contributed by atoms with Crippen molar-refractivity contribution in [1.82, 2.24) is 4.57 Å². The topological polar surface area (TPSA) is 57.8 Å². The lowest BCUT2D eigenvalue weighted by molar-refractivity contribution is 0.423. The van der Waals surface area contributed by atoms with E-state index in [1.54, 1.807) is 22.9 Å². The molecule has 122 valence electrons. The molecule has 0 atom stereocenters. The fraction of sp³-hybridized carbons (Fsp3) is 0.111. The molecule has 0 aliphatic carbocycles. The fourth-order valence-corrected chi connectivity index (χ4v) is 3.44. The molecular weight excluding hydrogens is 340 g/mol. The Kier molecular flexibility index (Phi) is 5.08. The normalized spacial score (nSPS) is 11.2. The number of rotatable bonds is 5. The van der Waals surface area contributed by atoms with Crippen molar-refractivity contribution < 1.29 is 10.2 Å². The zero-order valence-corrected chi connectivity index (χ0v) is 14.4. The Labute approximate surface area is 149 Å². The van der Waals surface area contributed by atoms with E-state index in [-0.39, 0.29) is 11.6 Å². The summed E-state index contributed by atoms with van der Waals surface area (Å²) in [6.07, 6.45) is 1.64. The van der Waals surface area contributed by atoms with Gasteiger partial charge in [0.05, 0.1) is 13.1 Å². The first-order valence-electron chi connectivity index (χ1n) is 7.38. The summed E-state index contributed by atoms with van der Waals surface area (Å²) in [6, 6.07) is 16.8. The SMILES string of the molecule is Oc1ccc(CN=Cc2sc(=S)n(Cc3ccccc3)c2O)cc1. The maximum absolute atomic E-state index is 10.4. The molecule has 3 aromatic rings. The van der Waals surface area contributed by atoms with Gasteiger partial charge in [0.25, 0.3) is 0 Å². The third-order valence-corrected chi connectivity index (χ3v) is 4.87. The molecule has 2 N–H and O–H groups in total. The van der Waals surface area contributed by atoms with Gasteiger partial charge in [-0.1, -0.05) is 53.8 Å². The van der Waals surface area contributed by atoms with Crippen LogP contribution in [0.2, 0.25) is 0 Å². The molecule has 2 aromatic carbocycles. The molecule has 0 fully saturated rings. The smallest absolute Gasteiger partial charge is 0.212 e. The molecule has 1 aromatic heterocycles. The van der Waals surface area contributed by atoms with Gasteiger partial charge in [0.15, 0.2) is 3.95 Å². The first-order chi connectivity index (χ1) is 11.6. The molecule has 0 spiro atoms. The lowest BCUT2D eigenvalue weighted by Crippen LogP contribution is -1.98. The summed E-state index contributed by atoms with van der Waals surface area (Å²) in [5.41, 5.74) is 2.06. The summed E-state index contributed by atoms with van der Waals surface area (Å²) >= 11 is 6.69. The third-order valence-electron chi connectivity index (χ3n) is 3.50. The zero-order chi connectivity index (χ0) is 16.9. The molecule has 3 rings (SSSR count). The van der Waals surface area contributed by atoms with Gasteiger partial charge in [-0.15, -0.1) is 0 Å². The van der Waals surface area contributed by atoms with Gasteiger partial charge in [0, 0.05) is 6.21 Å². The van der Waals surface area contributed by atoms with Gasteiger partial charge >= 0.3 is 0 Å². The van der Waals surface area contributed by atoms with Crippen LogP contribution in [-0.2, 0) is 13.1 Å². The minimum Gasteiger partial charge on any atom is -0.508 e. The first kappa shape index (κ1) is 16.4. The monoisotopic (exact) mass is 356 g/mol. The van der Waals surface area contributed by atoms with Crippen molar-refractivity contribution in [2.45, 2.75) is 13.1 Å². The van der Waals surface area contributed by atoms with Crippen LogP contribution in [0.3, 0.4) is 0 Å². The second kappa shape index (κ2) is 7.42. The van der Waals surface area contributed by atoms with Gasteiger partial charge in [0.1, 0.15) is 10.6 Å². The molecule has 1 heterocycles. The quantitative estimate of drug-likeness (QED) is 0.527. The van der Waals surface area contributed by atoms with Crippen LogP contribution in [0.25, 0.3) is 0 Å².